The molecule has 3 rings (SSSR count). The van der Waals surface area contributed by atoms with Crippen molar-refractivity contribution < 1.29 is 9.53 Å². The number of carbonyl (C=O) groups is 1. The number of hydrogen-bond donors (Lipinski definition) is 1. The number of benzene rings is 2. The van der Waals surface area contributed by atoms with Crippen molar-refractivity contribution in [2.75, 3.05) is 64.1 Å². The number of methoxy groups -OCH3 is 1. The number of nitrogens with one attached hydrogen (secondary N) is 1. The van der Waals surface area contributed by atoms with Crippen LogP contribution in [-0.2, 0) is 6.42 Å². The first kappa shape index (κ1) is 20.0. The van der Waals surface area contributed by atoms with Gasteiger partial charge in [-0.25, -0.2) is 4.79 Å². The number of ether oxygens (including phenoxy) is 1. The van der Waals surface area contributed by atoms with Crippen LogP contribution in [0.15, 0.2) is 48.5 Å². The minimum absolute atomic E-state index is 0.0209. The van der Waals surface area contributed by atoms with Crippen LogP contribution in [0.4, 0.5) is 16.2 Å². The van der Waals surface area contributed by atoms with Crippen LogP contribution in [-0.4, -0.2) is 69.8 Å². The highest BCUT2D eigenvalue weighted by Crippen LogP contribution is 2.17. The Bertz CT molecular complexity index is 751. The lowest BCUT2D eigenvalue weighted by Crippen LogP contribution is -2.50. The molecule has 0 aliphatic carbocycles. The van der Waals surface area contributed by atoms with Gasteiger partial charge in [-0.1, -0.05) is 12.1 Å². The number of piperazine rings is 1. The SMILES string of the molecule is COc1ccc(CCN2CCN(C(=O)Nc3ccc(N(C)C)cc3)CC2)cc1. The summed E-state index contributed by atoms with van der Waals surface area (Å²) >= 11 is 0. The van der Waals surface area contributed by atoms with Crippen LogP contribution in [0.2, 0.25) is 0 Å². The zero-order valence-corrected chi connectivity index (χ0v) is 17.0. The van der Waals surface area contributed by atoms with E-state index in [1.165, 1.54) is 5.56 Å². The summed E-state index contributed by atoms with van der Waals surface area (Å²) in [5, 5.41) is 3.00. The molecule has 150 valence electrons. The zero-order chi connectivity index (χ0) is 19.9. The molecule has 2 aromatic carbocycles. The largest absolute Gasteiger partial charge is 0.497 e. The molecule has 0 atom stereocenters. The van der Waals surface area contributed by atoms with Crippen molar-refractivity contribution in [3.8, 4) is 5.75 Å². The van der Waals surface area contributed by atoms with E-state index in [0.717, 1.165) is 56.3 Å². The standard InChI is InChI=1S/C22H30N4O2/c1-24(2)20-8-6-19(7-9-20)23-22(27)26-16-14-25(15-17-26)13-12-18-4-10-21(28-3)11-5-18/h4-11H,12-17H2,1-3H3,(H,23,27). The third kappa shape index (κ3) is 5.39. The minimum atomic E-state index is -0.0209. The van der Waals surface area contributed by atoms with Crippen LogP contribution < -0.4 is 15.0 Å². The highest BCUT2D eigenvalue weighted by molar-refractivity contribution is 5.89. The van der Waals surface area contributed by atoms with Gasteiger partial charge >= 0.3 is 6.03 Å². The number of carbonyl (C=O) groups excluding carboxylic acids is 1. The van der Waals surface area contributed by atoms with Crippen molar-refractivity contribution in [2.24, 2.45) is 0 Å². The Morgan fingerprint density at radius 2 is 1.64 bits per heavy atom. The molecule has 1 saturated heterocycles. The molecule has 1 fully saturated rings. The number of anilines is 2. The van der Waals surface area contributed by atoms with Crippen LogP contribution >= 0.6 is 0 Å². The Labute approximate surface area is 167 Å². The minimum Gasteiger partial charge on any atom is -0.497 e. The van der Waals surface area contributed by atoms with E-state index in [9.17, 15) is 4.79 Å². The summed E-state index contributed by atoms with van der Waals surface area (Å²) in [5.74, 6) is 0.889. The van der Waals surface area contributed by atoms with E-state index in [0.29, 0.717) is 0 Å². The predicted molar refractivity (Wildman–Crippen MR) is 114 cm³/mol. The average molecular weight is 383 g/mol. The Hall–Kier alpha value is -2.73. The molecule has 0 aromatic heterocycles. The lowest BCUT2D eigenvalue weighted by Gasteiger charge is -2.34. The molecule has 0 unspecified atom stereocenters. The van der Waals surface area contributed by atoms with Crippen molar-refractivity contribution in [1.82, 2.24) is 9.80 Å². The first-order valence-electron chi connectivity index (χ1n) is 9.74. The Kier molecular flexibility index (Phi) is 6.76. The van der Waals surface area contributed by atoms with E-state index in [4.69, 9.17) is 4.74 Å². The number of urea groups is 1. The molecule has 28 heavy (non-hydrogen) atoms. The first-order valence-corrected chi connectivity index (χ1v) is 9.74. The lowest BCUT2D eigenvalue weighted by atomic mass is 10.1. The van der Waals surface area contributed by atoms with Gasteiger partial charge in [0.15, 0.2) is 0 Å². The zero-order valence-electron chi connectivity index (χ0n) is 17.0. The second-order valence-electron chi connectivity index (χ2n) is 7.30. The molecular formula is C22H30N4O2. The molecule has 0 radical (unpaired) electrons. The number of nitrogens with zero attached hydrogens (tertiary/aromatic N) is 3. The third-order valence-corrected chi connectivity index (χ3v) is 5.17. The number of hydrogen-bond acceptors (Lipinski definition) is 4. The molecule has 0 bridgehead atoms. The quantitative estimate of drug-likeness (QED) is 0.834. The molecule has 1 aliphatic rings. The van der Waals surface area contributed by atoms with Crippen LogP contribution in [0.1, 0.15) is 5.56 Å². The maximum Gasteiger partial charge on any atom is 0.321 e. The summed E-state index contributed by atoms with van der Waals surface area (Å²) in [4.78, 5) is 18.9. The van der Waals surface area contributed by atoms with E-state index in [1.54, 1.807) is 7.11 Å². The van der Waals surface area contributed by atoms with Gasteiger partial charge < -0.3 is 19.9 Å². The van der Waals surface area contributed by atoms with Crippen LogP contribution in [0.3, 0.4) is 0 Å². The maximum atomic E-state index is 12.5. The summed E-state index contributed by atoms with van der Waals surface area (Å²) in [6.45, 7) is 4.33. The molecule has 0 spiro atoms. The van der Waals surface area contributed by atoms with Crippen molar-refractivity contribution in [3.63, 3.8) is 0 Å². The van der Waals surface area contributed by atoms with Gasteiger partial charge in [0.1, 0.15) is 5.75 Å². The fourth-order valence-corrected chi connectivity index (χ4v) is 3.30. The molecule has 1 aliphatic heterocycles. The Balaban J connectivity index is 1.42. The molecule has 6 nitrogen and oxygen atoms in total. The monoisotopic (exact) mass is 382 g/mol. The number of rotatable bonds is 6. The lowest BCUT2D eigenvalue weighted by molar-refractivity contribution is 0.148. The number of amides is 2. The highest BCUT2D eigenvalue weighted by atomic mass is 16.5. The smallest absolute Gasteiger partial charge is 0.321 e. The van der Waals surface area contributed by atoms with E-state index in [1.807, 2.05) is 60.3 Å². The van der Waals surface area contributed by atoms with Gasteiger partial charge in [0.25, 0.3) is 0 Å². The fourth-order valence-electron chi connectivity index (χ4n) is 3.30. The molecule has 0 saturated carbocycles. The molecule has 1 N–H and O–H groups in total. The van der Waals surface area contributed by atoms with Gasteiger partial charge in [-0.15, -0.1) is 0 Å². The van der Waals surface area contributed by atoms with E-state index < -0.39 is 0 Å². The van der Waals surface area contributed by atoms with Crippen molar-refractivity contribution >= 4 is 17.4 Å². The first-order chi connectivity index (χ1) is 13.5. The van der Waals surface area contributed by atoms with Crippen molar-refractivity contribution in [3.05, 3.63) is 54.1 Å². The highest BCUT2D eigenvalue weighted by Gasteiger charge is 2.20. The molecule has 6 heteroatoms. The van der Waals surface area contributed by atoms with Crippen LogP contribution in [0.5, 0.6) is 5.75 Å². The van der Waals surface area contributed by atoms with Gasteiger partial charge in [0.2, 0.25) is 0 Å². The fraction of sp³-hybridized carbons (Fsp3) is 0.409. The van der Waals surface area contributed by atoms with Gasteiger partial charge in [0.05, 0.1) is 7.11 Å². The van der Waals surface area contributed by atoms with E-state index in [2.05, 4.69) is 22.3 Å². The summed E-state index contributed by atoms with van der Waals surface area (Å²) in [5.41, 5.74) is 3.25. The molecule has 2 aromatic rings. The summed E-state index contributed by atoms with van der Waals surface area (Å²) in [6.07, 6.45) is 1.01. The van der Waals surface area contributed by atoms with E-state index in [-0.39, 0.29) is 6.03 Å². The summed E-state index contributed by atoms with van der Waals surface area (Å²) in [6, 6.07) is 16.1. The second-order valence-corrected chi connectivity index (χ2v) is 7.30. The second kappa shape index (κ2) is 9.46. The Morgan fingerprint density at radius 3 is 2.21 bits per heavy atom. The maximum absolute atomic E-state index is 12.5. The summed E-state index contributed by atoms with van der Waals surface area (Å²) in [7, 11) is 5.69. The van der Waals surface area contributed by atoms with Gasteiger partial charge in [-0.05, 0) is 48.4 Å². The van der Waals surface area contributed by atoms with Gasteiger partial charge in [0, 0.05) is 58.2 Å². The summed E-state index contributed by atoms with van der Waals surface area (Å²) < 4.78 is 5.20. The van der Waals surface area contributed by atoms with Gasteiger partial charge in [-0.2, -0.15) is 0 Å². The molecule has 1 heterocycles. The van der Waals surface area contributed by atoms with Gasteiger partial charge in [-0.3, -0.25) is 4.90 Å². The van der Waals surface area contributed by atoms with Crippen LogP contribution in [0.25, 0.3) is 0 Å². The van der Waals surface area contributed by atoms with Crippen LogP contribution in [0, 0.1) is 0 Å². The normalized spacial score (nSPS) is 14.6. The Morgan fingerprint density at radius 1 is 1.00 bits per heavy atom. The molecular weight excluding hydrogens is 352 g/mol. The topological polar surface area (TPSA) is 48.1 Å². The molecule has 2 amide bonds. The third-order valence-electron chi connectivity index (χ3n) is 5.17. The predicted octanol–water partition coefficient (Wildman–Crippen LogP) is 3.15. The van der Waals surface area contributed by atoms with Crippen molar-refractivity contribution in [1.29, 1.82) is 0 Å². The van der Waals surface area contributed by atoms with E-state index >= 15 is 0 Å². The van der Waals surface area contributed by atoms with Crippen molar-refractivity contribution in [2.45, 2.75) is 6.42 Å². The average Bonchev–Trinajstić information content (AvgIpc) is 2.73.